The molecule has 5 heteroatoms. The van der Waals surface area contributed by atoms with Crippen molar-refractivity contribution in [1.82, 2.24) is 14.5 Å². The second-order valence-electron chi connectivity index (χ2n) is 2.82. The maximum absolute atomic E-state index is 6.03. The highest BCUT2D eigenvalue weighted by Gasteiger charge is 2.04. The molecule has 0 aliphatic carbocycles. The molecule has 0 saturated carbocycles. The van der Waals surface area contributed by atoms with E-state index < -0.39 is 0 Å². The Hall–Kier alpha value is -1.39. The third-order valence-corrected chi connectivity index (χ3v) is 2.14. The predicted octanol–water partition coefficient (Wildman–Crippen LogP) is 1.38. The Labute approximate surface area is 86.4 Å². The normalized spacial score (nSPS) is 10.4. The van der Waals surface area contributed by atoms with Crippen molar-refractivity contribution in [3.63, 3.8) is 0 Å². The fourth-order valence-corrected chi connectivity index (χ4v) is 1.44. The minimum Gasteiger partial charge on any atom is -0.326 e. The highest BCUT2D eigenvalue weighted by molar-refractivity contribution is 6.32. The van der Waals surface area contributed by atoms with E-state index in [9.17, 15) is 0 Å². The van der Waals surface area contributed by atoms with Gasteiger partial charge < -0.3 is 5.73 Å². The van der Waals surface area contributed by atoms with Crippen molar-refractivity contribution in [2.45, 2.75) is 6.54 Å². The summed E-state index contributed by atoms with van der Waals surface area (Å²) in [4.78, 5) is 8.12. The number of aromatic nitrogens is 3. The molecule has 0 spiro atoms. The second-order valence-corrected chi connectivity index (χ2v) is 3.23. The zero-order chi connectivity index (χ0) is 9.97. The van der Waals surface area contributed by atoms with Crippen LogP contribution in [0.15, 0.2) is 31.0 Å². The first-order valence-corrected chi connectivity index (χ1v) is 4.52. The largest absolute Gasteiger partial charge is 0.326 e. The van der Waals surface area contributed by atoms with Gasteiger partial charge in [-0.15, -0.1) is 0 Å². The molecule has 2 rings (SSSR count). The van der Waals surface area contributed by atoms with Crippen LogP contribution in [0.3, 0.4) is 0 Å². The summed E-state index contributed by atoms with van der Waals surface area (Å²) in [6, 6.07) is 1.81. The first-order chi connectivity index (χ1) is 6.81. The van der Waals surface area contributed by atoms with Crippen molar-refractivity contribution in [3.05, 3.63) is 41.6 Å². The summed E-state index contributed by atoms with van der Waals surface area (Å²) in [5.41, 5.74) is 6.39. The van der Waals surface area contributed by atoms with Gasteiger partial charge >= 0.3 is 0 Å². The molecule has 0 unspecified atom stereocenters. The molecule has 0 fully saturated rings. The number of halogens is 1. The zero-order valence-corrected chi connectivity index (χ0v) is 8.15. The molecule has 0 aromatic carbocycles. The lowest BCUT2D eigenvalue weighted by Gasteiger charge is -2.04. The number of rotatable bonds is 2. The first-order valence-electron chi connectivity index (χ1n) is 4.14. The first kappa shape index (κ1) is 9.18. The number of nitrogens with zero attached hydrogens (tertiary/aromatic N) is 3. The zero-order valence-electron chi connectivity index (χ0n) is 7.39. The molecule has 2 N–H and O–H groups in total. The maximum atomic E-state index is 6.03. The summed E-state index contributed by atoms with van der Waals surface area (Å²) >= 11 is 6.03. The van der Waals surface area contributed by atoms with E-state index in [1.54, 1.807) is 29.5 Å². The minimum atomic E-state index is 0.441. The van der Waals surface area contributed by atoms with Gasteiger partial charge in [-0.2, -0.15) is 0 Å². The van der Waals surface area contributed by atoms with Crippen LogP contribution in [0, 0.1) is 0 Å². The molecule has 0 aliphatic heterocycles. The predicted molar refractivity (Wildman–Crippen MR) is 54.3 cm³/mol. The maximum Gasteiger partial charge on any atom is 0.156 e. The number of pyridine rings is 1. The van der Waals surface area contributed by atoms with E-state index >= 15 is 0 Å². The number of hydrogen-bond acceptors (Lipinski definition) is 3. The molecular formula is C9H9ClN4. The van der Waals surface area contributed by atoms with Gasteiger partial charge in [-0.25, -0.2) is 9.97 Å². The smallest absolute Gasteiger partial charge is 0.156 e. The lowest BCUT2D eigenvalue weighted by molar-refractivity contribution is 0.969. The fourth-order valence-electron chi connectivity index (χ4n) is 1.16. The summed E-state index contributed by atoms with van der Waals surface area (Å²) in [5.74, 6) is 0.668. The Morgan fingerprint density at radius 3 is 2.93 bits per heavy atom. The van der Waals surface area contributed by atoms with Gasteiger partial charge in [-0.3, -0.25) is 4.57 Å². The van der Waals surface area contributed by atoms with Crippen LogP contribution in [-0.4, -0.2) is 14.5 Å². The topological polar surface area (TPSA) is 56.7 Å². The van der Waals surface area contributed by atoms with Crippen LogP contribution in [-0.2, 0) is 6.54 Å². The quantitative estimate of drug-likeness (QED) is 0.811. The van der Waals surface area contributed by atoms with Crippen LogP contribution in [0.2, 0.25) is 5.02 Å². The van der Waals surface area contributed by atoms with Gasteiger partial charge in [0.05, 0.1) is 5.02 Å². The van der Waals surface area contributed by atoms with E-state index in [0.717, 1.165) is 5.56 Å². The fraction of sp³-hybridized carbons (Fsp3) is 0.111. The van der Waals surface area contributed by atoms with Gasteiger partial charge in [-0.05, 0) is 11.6 Å². The Morgan fingerprint density at radius 1 is 1.50 bits per heavy atom. The van der Waals surface area contributed by atoms with Crippen LogP contribution in [0.4, 0.5) is 0 Å². The third-order valence-electron chi connectivity index (χ3n) is 1.86. The van der Waals surface area contributed by atoms with Crippen LogP contribution in [0.1, 0.15) is 5.56 Å². The summed E-state index contributed by atoms with van der Waals surface area (Å²) in [7, 11) is 0. The van der Waals surface area contributed by atoms with Crippen molar-refractivity contribution in [3.8, 4) is 5.82 Å². The third kappa shape index (κ3) is 1.62. The van der Waals surface area contributed by atoms with E-state index in [-0.39, 0.29) is 0 Å². The minimum absolute atomic E-state index is 0.441. The Morgan fingerprint density at radius 2 is 2.36 bits per heavy atom. The van der Waals surface area contributed by atoms with Gasteiger partial charge in [0.25, 0.3) is 0 Å². The molecule has 0 radical (unpaired) electrons. The second kappa shape index (κ2) is 3.77. The van der Waals surface area contributed by atoms with Crippen LogP contribution in [0.5, 0.6) is 0 Å². The summed E-state index contributed by atoms with van der Waals surface area (Å²) in [5, 5.41) is 0.575. The average molecular weight is 209 g/mol. The Bertz CT molecular complexity index is 424. The monoisotopic (exact) mass is 208 g/mol. The summed E-state index contributed by atoms with van der Waals surface area (Å²) < 4.78 is 1.75. The number of hydrogen-bond donors (Lipinski definition) is 1. The summed E-state index contributed by atoms with van der Waals surface area (Å²) in [6.07, 6.45) is 6.82. The number of nitrogens with two attached hydrogens (primary N) is 1. The van der Waals surface area contributed by atoms with Crippen molar-refractivity contribution in [1.29, 1.82) is 0 Å². The Balaban J connectivity index is 2.46. The van der Waals surface area contributed by atoms with E-state index in [1.165, 1.54) is 0 Å². The van der Waals surface area contributed by atoms with E-state index in [0.29, 0.717) is 17.4 Å². The van der Waals surface area contributed by atoms with Gasteiger partial charge in [0.2, 0.25) is 0 Å². The van der Waals surface area contributed by atoms with Crippen LogP contribution >= 0.6 is 11.6 Å². The van der Waals surface area contributed by atoms with E-state index in [4.69, 9.17) is 17.3 Å². The van der Waals surface area contributed by atoms with Crippen molar-refractivity contribution in [2.75, 3.05) is 0 Å². The molecule has 0 amide bonds. The molecule has 4 nitrogen and oxygen atoms in total. The Kier molecular flexibility index (Phi) is 2.47. The van der Waals surface area contributed by atoms with Gasteiger partial charge in [0, 0.05) is 25.1 Å². The van der Waals surface area contributed by atoms with Crippen LogP contribution < -0.4 is 5.73 Å². The van der Waals surface area contributed by atoms with E-state index in [2.05, 4.69) is 9.97 Å². The van der Waals surface area contributed by atoms with Crippen molar-refractivity contribution < 1.29 is 0 Å². The molecule has 0 saturated heterocycles. The number of imidazole rings is 1. The molecule has 0 aliphatic rings. The lowest BCUT2D eigenvalue weighted by atomic mass is 10.3. The van der Waals surface area contributed by atoms with Gasteiger partial charge in [0.1, 0.15) is 6.33 Å². The molecular weight excluding hydrogens is 200 g/mol. The van der Waals surface area contributed by atoms with Gasteiger partial charge in [-0.1, -0.05) is 11.6 Å². The van der Waals surface area contributed by atoms with Gasteiger partial charge in [0.15, 0.2) is 5.82 Å². The SMILES string of the molecule is NCc1cnc(-n2ccnc2)c(Cl)c1. The molecule has 2 aromatic rings. The van der Waals surface area contributed by atoms with E-state index in [1.807, 2.05) is 6.07 Å². The average Bonchev–Trinajstić information content (AvgIpc) is 2.70. The van der Waals surface area contributed by atoms with Crippen LogP contribution in [0.25, 0.3) is 5.82 Å². The molecule has 0 atom stereocenters. The standard InChI is InChI=1S/C9H9ClN4/c10-8-3-7(4-11)5-13-9(8)14-2-1-12-6-14/h1-3,5-6H,4,11H2. The highest BCUT2D eigenvalue weighted by Crippen LogP contribution is 2.18. The molecule has 0 bridgehead atoms. The lowest BCUT2D eigenvalue weighted by Crippen LogP contribution is -2.00. The summed E-state index contributed by atoms with van der Waals surface area (Å²) in [6.45, 7) is 0.441. The molecule has 2 heterocycles. The molecule has 2 aromatic heterocycles. The molecule has 72 valence electrons. The highest BCUT2D eigenvalue weighted by atomic mass is 35.5. The molecule has 14 heavy (non-hydrogen) atoms. The van der Waals surface area contributed by atoms with Crippen molar-refractivity contribution >= 4 is 11.6 Å². The van der Waals surface area contributed by atoms with Crippen molar-refractivity contribution in [2.24, 2.45) is 5.73 Å².